The predicted molar refractivity (Wildman–Crippen MR) is 104 cm³/mol. The second-order valence-electron chi connectivity index (χ2n) is 6.08. The predicted octanol–water partition coefficient (Wildman–Crippen LogP) is 5.47. The van der Waals surface area contributed by atoms with Gasteiger partial charge in [0.1, 0.15) is 17.2 Å². The van der Waals surface area contributed by atoms with Gasteiger partial charge in [0, 0.05) is 17.2 Å². The lowest BCUT2D eigenvalue weighted by atomic mass is 10.1. The van der Waals surface area contributed by atoms with Crippen molar-refractivity contribution in [3.63, 3.8) is 0 Å². The number of amides is 1. The van der Waals surface area contributed by atoms with E-state index in [0.29, 0.717) is 0 Å². The van der Waals surface area contributed by atoms with Gasteiger partial charge in [-0.25, -0.2) is 4.79 Å². The zero-order valence-electron chi connectivity index (χ0n) is 15.0. The van der Waals surface area contributed by atoms with Crippen LogP contribution >= 0.6 is 11.6 Å². The van der Waals surface area contributed by atoms with Gasteiger partial charge in [-0.15, -0.1) is 0 Å². The van der Waals surface area contributed by atoms with Crippen molar-refractivity contribution in [3.8, 4) is 11.3 Å². The van der Waals surface area contributed by atoms with Crippen molar-refractivity contribution in [2.75, 3.05) is 0 Å². The van der Waals surface area contributed by atoms with Crippen LogP contribution in [0.5, 0.6) is 0 Å². The number of alkyl halides is 3. The first-order chi connectivity index (χ1) is 14.1. The van der Waals surface area contributed by atoms with E-state index in [2.05, 4.69) is 5.32 Å². The van der Waals surface area contributed by atoms with Crippen LogP contribution in [-0.2, 0) is 11.0 Å². The quantitative estimate of drug-likeness (QED) is 0.520. The molecule has 0 atom stereocenters. The van der Waals surface area contributed by atoms with Gasteiger partial charge >= 0.3 is 12.1 Å². The van der Waals surface area contributed by atoms with Gasteiger partial charge in [0.15, 0.2) is 0 Å². The van der Waals surface area contributed by atoms with E-state index in [9.17, 15) is 27.9 Å². The summed E-state index contributed by atoms with van der Waals surface area (Å²) in [6, 6.07) is 13.6. The van der Waals surface area contributed by atoms with Crippen LogP contribution in [0.3, 0.4) is 0 Å². The third-order valence-electron chi connectivity index (χ3n) is 3.99. The summed E-state index contributed by atoms with van der Waals surface area (Å²) in [5, 5.41) is 11.5. The molecule has 0 unspecified atom stereocenters. The van der Waals surface area contributed by atoms with E-state index < -0.39 is 29.3 Å². The maximum Gasteiger partial charge on any atom is 0.416 e. The van der Waals surface area contributed by atoms with Crippen molar-refractivity contribution in [2.24, 2.45) is 0 Å². The minimum Gasteiger partial charge on any atom is -0.477 e. The first kappa shape index (κ1) is 21.2. The van der Waals surface area contributed by atoms with Gasteiger partial charge in [0.2, 0.25) is 0 Å². The average molecular weight is 436 g/mol. The maximum atomic E-state index is 12.8. The lowest BCUT2D eigenvalue weighted by molar-refractivity contribution is -0.137. The molecule has 0 spiro atoms. The molecule has 3 rings (SSSR count). The summed E-state index contributed by atoms with van der Waals surface area (Å²) < 4.78 is 43.8. The number of rotatable bonds is 5. The molecule has 1 aromatic heterocycles. The van der Waals surface area contributed by atoms with E-state index in [4.69, 9.17) is 16.0 Å². The summed E-state index contributed by atoms with van der Waals surface area (Å²) >= 11 is 5.95. The van der Waals surface area contributed by atoms with Crippen molar-refractivity contribution in [1.82, 2.24) is 5.32 Å². The summed E-state index contributed by atoms with van der Waals surface area (Å²) in [6.07, 6.45) is -3.45. The van der Waals surface area contributed by atoms with Crippen LogP contribution < -0.4 is 5.32 Å². The monoisotopic (exact) mass is 435 g/mol. The summed E-state index contributed by atoms with van der Waals surface area (Å²) in [6.45, 7) is 0. The van der Waals surface area contributed by atoms with Crippen molar-refractivity contribution < 1.29 is 32.3 Å². The molecule has 2 N–H and O–H groups in total. The lowest BCUT2D eigenvalue weighted by Crippen LogP contribution is -2.27. The number of carboxylic acid groups (broad SMARTS) is 1. The largest absolute Gasteiger partial charge is 0.477 e. The Bertz CT molecular complexity index is 1120. The lowest BCUT2D eigenvalue weighted by Gasteiger charge is -2.08. The number of halogens is 4. The zero-order valence-corrected chi connectivity index (χ0v) is 15.8. The van der Waals surface area contributed by atoms with E-state index >= 15 is 0 Å². The Morgan fingerprint density at radius 3 is 2.33 bits per heavy atom. The van der Waals surface area contributed by atoms with Crippen molar-refractivity contribution >= 4 is 29.6 Å². The molecule has 0 saturated heterocycles. The minimum atomic E-state index is -4.54. The number of carbonyl (C=O) groups is 2. The molecule has 5 nitrogen and oxygen atoms in total. The molecule has 2 aromatic carbocycles. The third-order valence-corrected chi connectivity index (χ3v) is 4.30. The van der Waals surface area contributed by atoms with Gasteiger partial charge < -0.3 is 14.8 Å². The zero-order chi connectivity index (χ0) is 21.9. The van der Waals surface area contributed by atoms with Gasteiger partial charge in [-0.3, -0.25) is 4.79 Å². The maximum absolute atomic E-state index is 12.8. The molecule has 0 radical (unpaired) electrons. The fraction of sp³-hybridized carbons (Fsp3) is 0.0476. The van der Waals surface area contributed by atoms with Crippen molar-refractivity contribution in [2.45, 2.75) is 6.18 Å². The van der Waals surface area contributed by atoms with Crippen molar-refractivity contribution in [3.05, 3.63) is 88.3 Å². The molecule has 0 aliphatic carbocycles. The molecule has 30 heavy (non-hydrogen) atoms. The van der Waals surface area contributed by atoms with E-state index in [0.717, 1.165) is 24.3 Å². The number of aliphatic carboxylic acids is 1. The molecule has 1 heterocycles. The van der Waals surface area contributed by atoms with Crippen LogP contribution in [0, 0.1) is 0 Å². The molecule has 3 aromatic rings. The van der Waals surface area contributed by atoms with Crippen LogP contribution in [-0.4, -0.2) is 17.0 Å². The normalized spacial score (nSPS) is 11.9. The van der Waals surface area contributed by atoms with Gasteiger partial charge in [0.25, 0.3) is 5.91 Å². The second-order valence-corrected chi connectivity index (χ2v) is 6.48. The summed E-state index contributed by atoms with van der Waals surface area (Å²) in [5.74, 6) is -1.82. The van der Waals surface area contributed by atoms with E-state index in [-0.39, 0.29) is 27.7 Å². The van der Waals surface area contributed by atoms with Gasteiger partial charge in [-0.2, -0.15) is 13.2 Å². The number of furan rings is 1. The number of carboxylic acids is 1. The van der Waals surface area contributed by atoms with Crippen LogP contribution in [0.25, 0.3) is 17.4 Å². The first-order valence-corrected chi connectivity index (χ1v) is 8.81. The molecule has 1 amide bonds. The highest BCUT2D eigenvalue weighted by molar-refractivity contribution is 6.33. The van der Waals surface area contributed by atoms with E-state index in [1.165, 1.54) is 24.3 Å². The Labute approximate surface area is 173 Å². The Kier molecular flexibility index (Phi) is 5.98. The highest BCUT2D eigenvalue weighted by atomic mass is 35.5. The van der Waals surface area contributed by atoms with Crippen LogP contribution in [0.2, 0.25) is 5.02 Å². The van der Waals surface area contributed by atoms with Gasteiger partial charge in [-0.1, -0.05) is 29.8 Å². The smallest absolute Gasteiger partial charge is 0.416 e. The molecule has 0 aliphatic heterocycles. The SMILES string of the molecule is O=C(O)/C(=C/c1ccc(-c2ccc(C(F)(F)F)cc2Cl)o1)NC(=O)c1ccccc1. The molecule has 0 bridgehead atoms. The fourth-order valence-corrected chi connectivity index (χ4v) is 2.82. The Balaban J connectivity index is 1.86. The average Bonchev–Trinajstić information content (AvgIpc) is 3.15. The fourth-order valence-electron chi connectivity index (χ4n) is 2.54. The number of hydrogen-bond donors (Lipinski definition) is 2. The summed E-state index contributed by atoms with van der Waals surface area (Å²) in [7, 11) is 0. The third kappa shape index (κ3) is 4.90. The highest BCUT2D eigenvalue weighted by Gasteiger charge is 2.31. The van der Waals surface area contributed by atoms with E-state index in [1.54, 1.807) is 18.2 Å². The van der Waals surface area contributed by atoms with Crippen LogP contribution in [0.4, 0.5) is 13.2 Å². The molecule has 0 aliphatic rings. The minimum absolute atomic E-state index is 0.0618. The number of benzene rings is 2. The highest BCUT2D eigenvalue weighted by Crippen LogP contribution is 2.36. The molecule has 0 saturated carbocycles. The summed E-state index contributed by atoms with van der Waals surface area (Å²) in [4.78, 5) is 23.7. The Morgan fingerprint density at radius 1 is 1.03 bits per heavy atom. The number of hydrogen-bond acceptors (Lipinski definition) is 3. The van der Waals surface area contributed by atoms with Gasteiger partial charge in [0.05, 0.1) is 10.6 Å². The Hall–Kier alpha value is -3.52. The first-order valence-electron chi connectivity index (χ1n) is 8.43. The standard InChI is InChI=1S/C21H13ClF3NO4/c22-16-10-13(21(23,24)25)6-8-15(16)18-9-7-14(30-18)11-17(20(28)29)26-19(27)12-4-2-1-3-5-12/h1-11H,(H,26,27)(H,28,29)/b17-11-. The molecular formula is C21H13ClF3NO4. The molecule has 154 valence electrons. The molecule has 0 fully saturated rings. The molecule has 9 heteroatoms. The number of carbonyl (C=O) groups excluding carboxylic acids is 1. The van der Waals surface area contributed by atoms with E-state index in [1.807, 2.05) is 0 Å². The van der Waals surface area contributed by atoms with Crippen molar-refractivity contribution in [1.29, 1.82) is 0 Å². The van der Waals surface area contributed by atoms with Crippen LogP contribution in [0.15, 0.2) is 70.8 Å². The molecular weight excluding hydrogens is 423 g/mol. The Morgan fingerprint density at radius 2 is 1.73 bits per heavy atom. The number of nitrogens with one attached hydrogen (secondary N) is 1. The van der Waals surface area contributed by atoms with Gasteiger partial charge in [-0.05, 0) is 42.5 Å². The summed E-state index contributed by atoms with van der Waals surface area (Å²) in [5.41, 5.74) is -0.876. The van der Waals surface area contributed by atoms with Crippen LogP contribution in [0.1, 0.15) is 21.7 Å². The second kappa shape index (κ2) is 8.46. The topological polar surface area (TPSA) is 79.5 Å².